The van der Waals surface area contributed by atoms with Crippen molar-refractivity contribution in [2.45, 2.75) is 38.8 Å². The molecule has 184 valence electrons. The van der Waals surface area contributed by atoms with Gasteiger partial charge in [-0.25, -0.2) is 8.78 Å². The van der Waals surface area contributed by atoms with Gasteiger partial charge >= 0.3 is 0 Å². The van der Waals surface area contributed by atoms with E-state index < -0.39 is 45.2 Å². The number of nitrogens with zero attached hydrogens (tertiary/aromatic N) is 2. The first-order valence-corrected chi connectivity index (χ1v) is 11.3. The molecule has 34 heavy (non-hydrogen) atoms. The molecule has 0 aliphatic carbocycles. The molecule has 0 saturated carbocycles. The summed E-state index contributed by atoms with van der Waals surface area (Å²) in [5.74, 6) is -4.11. The van der Waals surface area contributed by atoms with Gasteiger partial charge in [-0.3, -0.25) is 14.4 Å². The van der Waals surface area contributed by atoms with Crippen molar-refractivity contribution in [3.63, 3.8) is 0 Å². The number of benzene rings is 1. The highest BCUT2D eigenvalue weighted by Gasteiger charge is 2.30. The number of hydrogen-bond acceptors (Lipinski definition) is 5. The molecule has 2 amide bonds. The molecule has 0 atom stereocenters. The largest absolute Gasteiger partial charge is 0.503 e. The van der Waals surface area contributed by atoms with Gasteiger partial charge in [-0.1, -0.05) is 30.5 Å². The number of nitrogens with one attached hydrogen (secondary N) is 1. The van der Waals surface area contributed by atoms with Gasteiger partial charge in [-0.15, -0.1) is 0 Å². The molecule has 0 bridgehead atoms. The number of hydrogen-bond donors (Lipinski definition) is 2. The van der Waals surface area contributed by atoms with Crippen LogP contribution in [0.4, 0.5) is 8.78 Å². The van der Waals surface area contributed by atoms with Gasteiger partial charge < -0.3 is 24.6 Å². The maximum Gasteiger partial charge on any atom is 0.274 e. The van der Waals surface area contributed by atoms with Crippen LogP contribution in [0, 0.1) is 11.6 Å². The first kappa shape index (κ1) is 25.6. The van der Waals surface area contributed by atoms with Gasteiger partial charge in [0.1, 0.15) is 22.2 Å². The van der Waals surface area contributed by atoms with E-state index in [0.717, 1.165) is 37.8 Å². The van der Waals surface area contributed by atoms with Crippen molar-refractivity contribution in [3.8, 4) is 5.75 Å². The molecule has 0 unspecified atom stereocenters. The molecule has 11 heteroatoms. The minimum atomic E-state index is -1.02. The zero-order valence-electron chi connectivity index (χ0n) is 18.7. The maximum absolute atomic E-state index is 14.1. The molecule has 8 nitrogen and oxygen atoms in total. The predicted molar refractivity (Wildman–Crippen MR) is 121 cm³/mol. The fourth-order valence-corrected chi connectivity index (χ4v) is 3.97. The summed E-state index contributed by atoms with van der Waals surface area (Å²) < 4.78 is 33.7. The summed E-state index contributed by atoms with van der Waals surface area (Å²) in [6.45, 7) is 1.49. The van der Waals surface area contributed by atoms with Gasteiger partial charge in [0, 0.05) is 51.7 Å². The summed E-state index contributed by atoms with van der Waals surface area (Å²) in [5, 5.41) is 12.1. The summed E-state index contributed by atoms with van der Waals surface area (Å²) in [6, 6.07) is 2.09. The second kappa shape index (κ2) is 11.4. The minimum absolute atomic E-state index is 0.0740. The molecule has 2 aromatic rings. The lowest BCUT2D eigenvalue weighted by Crippen LogP contribution is -2.43. The van der Waals surface area contributed by atoms with Crippen LogP contribution >= 0.6 is 11.6 Å². The fraction of sp³-hybridized carbons (Fsp3) is 0.435. The normalized spacial score (nSPS) is 13.2. The van der Waals surface area contributed by atoms with Gasteiger partial charge in [0.2, 0.25) is 5.43 Å². The number of amides is 2. The van der Waals surface area contributed by atoms with Crippen molar-refractivity contribution in [1.82, 2.24) is 14.8 Å². The summed E-state index contributed by atoms with van der Waals surface area (Å²) in [6.07, 6.45) is 4.83. The first-order chi connectivity index (χ1) is 16.3. The van der Waals surface area contributed by atoms with E-state index in [1.807, 2.05) is 0 Å². The molecule has 0 saturated heterocycles. The number of carbonyl (C=O) groups is 2. The van der Waals surface area contributed by atoms with Crippen molar-refractivity contribution < 1.29 is 28.2 Å². The van der Waals surface area contributed by atoms with Crippen molar-refractivity contribution in [2.75, 3.05) is 26.8 Å². The SMILES string of the molecule is COCCCCCCN1CCn2cc(C(=O)NCc3ccc(F)c(Cl)c3F)c(=O)c(O)c2C1=O. The number of aromatic hydroxyl groups is 1. The van der Waals surface area contributed by atoms with Crippen LogP contribution in [0.1, 0.15) is 52.1 Å². The number of carbonyl (C=O) groups excluding carboxylic acids is 2. The van der Waals surface area contributed by atoms with E-state index in [1.54, 1.807) is 12.0 Å². The lowest BCUT2D eigenvalue weighted by Gasteiger charge is -2.30. The van der Waals surface area contributed by atoms with Crippen LogP contribution in [0.25, 0.3) is 0 Å². The molecule has 0 spiro atoms. The van der Waals surface area contributed by atoms with Crippen molar-refractivity contribution in [2.24, 2.45) is 0 Å². The number of pyridine rings is 1. The number of rotatable bonds is 10. The second-order valence-corrected chi connectivity index (χ2v) is 8.36. The van der Waals surface area contributed by atoms with Crippen LogP contribution in [-0.4, -0.2) is 53.2 Å². The van der Waals surface area contributed by atoms with Crippen LogP contribution in [0.2, 0.25) is 5.02 Å². The molecular weight excluding hydrogens is 472 g/mol. The Labute approximate surface area is 200 Å². The first-order valence-electron chi connectivity index (χ1n) is 10.9. The highest BCUT2D eigenvalue weighted by molar-refractivity contribution is 6.30. The lowest BCUT2D eigenvalue weighted by atomic mass is 10.1. The summed E-state index contributed by atoms with van der Waals surface area (Å²) in [7, 11) is 1.65. The van der Waals surface area contributed by atoms with E-state index in [0.29, 0.717) is 26.2 Å². The van der Waals surface area contributed by atoms with Crippen LogP contribution in [0.5, 0.6) is 5.75 Å². The van der Waals surface area contributed by atoms with Crippen LogP contribution in [0.3, 0.4) is 0 Å². The fourth-order valence-electron chi connectivity index (χ4n) is 3.78. The van der Waals surface area contributed by atoms with E-state index in [9.17, 15) is 28.3 Å². The second-order valence-electron chi connectivity index (χ2n) is 7.98. The Hall–Kier alpha value is -2.98. The molecule has 1 aliphatic rings. The summed E-state index contributed by atoms with van der Waals surface area (Å²) in [5.41, 5.74) is -1.64. The average Bonchev–Trinajstić information content (AvgIpc) is 2.82. The lowest BCUT2D eigenvalue weighted by molar-refractivity contribution is 0.0691. The number of unbranched alkanes of at least 4 members (excludes halogenated alkanes) is 3. The molecule has 1 aromatic carbocycles. The number of fused-ring (bicyclic) bond motifs is 1. The van der Waals surface area contributed by atoms with Crippen molar-refractivity contribution in [3.05, 3.63) is 62.0 Å². The Balaban J connectivity index is 1.69. The van der Waals surface area contributed by atoms with Crippen molar-refractivity contribution >= 4 is 23.4 Å². The maximum atomic E-state index is 14.1. The Morgan fingerprint density at radius 3 is 2.65 bits per heavy atom. The molecular formula is C23H26ClF2N3O5. The molecule has 0 fully saturated rings. The average molecular weight is 498 g/mol. The number of methoxy groups -OCH3 is 1. The Bertz CT molecular complexity index is 1140. The predicted octanol–water partition coefficient (Wildman–Crippen LogP) is 3.08. The van der Waals surface area contributed by atoms with Gasteiger partial charge in [0.05, 0.1) is 0 Å². The highest BCUT2D eigenvalue weighted by Crippen LogP contribution is 2.23. The van der Waals surface area contributed by atoms with E-state index >= 15 is 0 Å². The Kier molecular flexibility index (Phi) is 8.62. The number of aromatic nitrogens is 1. The molecule has 3 rings (SSSR count). The van der Waals surface area contributed by atoms with E-state index in [2.05, 4.69) is 5.32 Å². The van der Waals surface area contributed by atoms with Gasteiger partial charge in [-0.2, -0.15) is 0 Å². The van der Waals surface area contributed by atoms with E-state index in [4.69, 9.17) is 16.3 Å². The third kappa shape index (κ3) is 5.56. The number of ether oxygens (including phenoxy) is 1. The standard InChI is InChI=1S/C23H26ClF2N3O5/c1-34-11-5-3-2-4-8-28-9-10-29-13-15(20(30)21(31)19(29)23(28)33)22(32)27-12-14-6-7-16(25)17(24)18(14)26/h6-7,13,31H,2-5,8-12H2,1H3,(H,27,32). The van der Waals surface area contributed by atoms with E-state index in [1.165, 1.54) is 10.8 Å². The zero-order chi connectivity index (χ0) is 24.8. The van der Waals surface area contributed by atoms with Gasteiger partial charge in [-0.05, 0) is 18.9 Å². The molecule has 2 heterocycles. The van der Waals surface area contributed by atoms with Crippen LogP contribution in [0.15, 0.2) is 23.1 Å². The topological polar surface area (TPSA) is 101 Å². The molecule has 1 aliphatic heterocycles. The third-order valence-electron chi connectivity index (χ3n) is 5.68. The van der Waals surface area contributed by atoms with Crippen molar-refractivity contribution in [1.29, 1.82) is 0 Å². The highest BCUT2D eigenvalue weighted by atomic mass is 35.5. The summed E-state index contributed by atoms with van der Waals surface area (Å²) in [4.78, 5) is 39.6. The Morgan fingerprint density at radius 1 is 1.18 bits per heavy atom. The zero-order valence-corrected chi connectivity index (χ0v) is 19.5. The van der Waals surface area contributed by atoms with Gasteiger partial charge in [0.25, 0.3) is 11.8 Å². The van der Waals surface area contributed by atoms with Crippen LogP contribution in [-0.2, 0) is 17.8 Å². The van der Waals surface area contributed by atoms with Crippen LogP contribution < -0.4 is 10.7 Å². The third-order valence-corrected chi connectivity index (χ3v) is 6.03. The Morgan fingerprint density at radius 2 is 1.91 bits per heavy atom. The summed E-state index contributed by atoms with van der Waals surface area (Å²) >= 11 is 5.54. The molecule has 2 N–H and O–H groups in total. The molecule has 0 radical (unpaired) electrons. The number of halogens is 3. The minimum Gasteiger partial charge on any atom is -0.503 e. The molecule has 1 aromatic heterocycles. The van der Waals surface area contributed by atoms with Gasteiger partial charge in [0.15, 0.2) is 11.4 Å². The quantitative estimate of drug-likeness (QED) is 0.388. The smallest absolute Gasteiger partial charge is 0.274 e. The van der Waals surface area contributed by atoms with E-state index in [-0.39, 0.29) is 17.8 Å². The monoisotopic (exact) mass is 497 g/mol.